The zero-order valence-electron chi connectivity index (χ0n) is 16.3. The maximum atomic E-state index is 13.0. The summed E-state index contributed by atoms with van der Waals surface area (Å²) in [4.78, 5) is 28.9. The summed E-state index contributed by atoms with van der Waals surface area (Å²) < 4.78 is 40.6. The highest BCUT2D eigenvalue weighted by molar-refractivity contribution is 6.03. The van der Waals surface area contributed by atoms with Crippen molar-refractivity contribution in [1.82, 2.24) is 9.55 Å². The van der Waals surface area contributed by atoms with Gasteiger partial charge in [-0.15, -0.1) is 0 Å². The molecule has 0 aliphatic heterocycles. The second kappa shape index (κ2) is 7.71. The van der Waals surface area contributed by atoms with E-state index in [1.54, 1.807) is 28.8 Å². The van der Waals surface area contributed by atoms with E-state index in [1.165, 1.54) is 13.0 Å². The van der Waals surface area contributed by atoms with Crippen molar-refractivity contribution in [2.45, 2.75) is 13.1 Å². The largest absolute Gasteiger partial charge is 0.454 e. The molecule has 0 spiro atoms. The minimum atomic E-state index is -5.06. The molecule has 2 heterocycles. The molecule has 0 aliphatic rings. The lowest BCUT2D eigenvalue weighted by Gasteiger charge is -2.19. The van der Waals surface area contributed by atoms with E-state index in [0.29, 0.717) is 17.2 Å². The van der Waals surface area contributed by atoms with Gasteiger partial charge in [0.2, 0.25) is 0 Å². The van der Waals surface area contributed by atoms with E-state index >= 15 is 0 Å². The maximum absolute atomic E-state index is 13.0. The number of fused-ring (bicyclic) bond motifs is 1. The fourth-order valence-corrected chi connectivity index (χ4v) is 3.31. The molecule has 0 fully saturated rings. The van der Waals surface area contributed by atoms with E-state index in [0.717, 1.165) is 6.07 Å². The average Bonchev–Trinajstić information content (AvgIpc) is 2.74. The number of para-hydroxylation sites is 2. The zero-order chi connectivity index (χ0) is 22.2. The fraction of sp³-hybridized carbons (Fsp3) is 0.0870. The van der Waals surface area contributed by atoms with E-state index < -0.39 is 23.0 Å². The standard InChI is InChI=1S/C23H16F3N3O2/c1-14-17(21(31)23(24,25)26)12-18-19(30)13-20(28-15-8-4-2-5-9-15)29(22(18)27-14)16-10-6-3-7-11-16/h2-13,28H,1H3. The third-order valence-electron chi connectivity index (χ3n) is 4.74. The Balaban J connectivity index is 2.01. The van der Waals surface area contributed by atoms with Crippen molar-refractivity contribution in [3.8, 4) is 5.69 Å². The topological polar surface area (TPSA) is 64.0 Å². The van der Waals surface area contributed by atoms with Crippen LogP contribution in [0.3, 0.4) is 0 Å². The summed E-state index contributed by atoms with van der Waals surface area (Å²) >= 11 is 0. The van der Waals surface area contributed by atoms with Crippen molar-refractivity contribution in [1.29, 1.82) is 0 Å². The molecular weight excluding hydrogens is 407 g/mol. The summed E-state index contributed by atoms with van der Waals surface area (Å²) in [6.07, 6.45) is -5.06. The number of nitrogens with zero attached hydrogens (tertiary/aromatic N) is 2. The molecule has 0 radical (unpaired) electrons. The van der Waals surface area contributed by atoms with Crippen LogP contribution in [-0.4, -0.2) is 21.5 Å². The predicted molar refractivity (Wildman–Crippen MR) is 112 cm³/mol. The number of aryl methyl sites for hydroxylation is 1. The van der Waals surface area contributed by atoms with Crippen LogP contribution >= 0.6 is 0 Å². The lowest BCUT2D eigenvalue weighted by atomic mass is 10.1. The Hall–Kier alpha value is -3.94. The van der Waals surface area contributed by atoms with Gasteiger partial charge in [-0.3, -0.25) is 14.2 Å². The first kappa shape index (κ1) is 20.3. The minimum Gasteiger partial charge on any atom is -0.341 e. The van der Waals surface area contributed by atoms with Crippen LogP contribution in [0.25, 0.3) is 16.7 Å². The van der Waals surface area contributed by atoms with Gasteiger partial charge in [-0.1, -0.05) is 36.4 Å². The molecule has 2 aromatic carbocycles. The molecule has 1 N–H and O–H groups in total. The van der Waals surface area contributed by atoms with Gasteiger partial charge in [0.15, 0.2) is 5.43 Å². The number of hydrogen-bond donors (Lipinski definition) is 1. The maximum Gasteiger partial charge on any atom is 0.454 e. The molecule has 4 rings (SSSR count). The van der Waals surface area contributed by atoms with Crippen molar-refractivity contribution in [3.05, 3.63) is 94.3 Å². The van der Waals surface area contributed by atoms with Crippen LogP contribution < -0.4 is 10.7 Å². The van der Waals surface area contributed by atoms with Gasteiger partial charge in [0.1, 0.15) is 11.5 Å². The molecule has 5 nitrogen and oxygen atoms in total. The van der Waals surface area contributed by atoms with Gasteiger partial charge < -0.3 is 5.32 Å². The Bertz CT molecular complexity index is 1330. The van der Waals surface area contributed by atoms with Gasteiger partial charge >= 0.3 is 6.18 Å². The molecule has 156 valence electrons. The zero-order valence-corrected chi connectivity index (χ0v) is 16.3. The van der Waals surface area contributed by atoms with Crippen LogP contribution in [-0.2, 0) is 0 Å². The number of Topliss-reactive ketones (excluding diaryl/α,β-unsaturated/α-hetero) is 1. The van der Waals surface area contributed by atoms with Gasteiger partial charge in [0, 0.05) is 23.0 Å². The normalized spacial score (nSPS) is 11.5. The van der Waals surface area contributed by atoms with Crippen LogP contribution in [0.1, 0.15) is 16.1 Å². The number of rotatable bonds is 4. The van der Waals surface area contributed by atoms with E-state index in [2.05, 4.69) is 10.3 Å². The number of benzene rings is 2. The summed E-state index contributed by atoms with van der Waals surface area (Å²) in [5.41, 5.74) is 0.202. The Morgan fingerprint density at radius 2 is 1.58 bits per heavy atom. The number of carbonyl (C=O) groups is 1. The number of anilines is 2. The first-order valence-corrected chi connectivity index (χ1v) is 9.32. The Labute approximate surface area is 174 Å². The van der Waals surface area contributed by atoms with Crippen LogP contribution in [0.15, 0.2) is 77.6 Å². The molecule has 4 aromatic rings. The fourth-order valence-electron chi connectivity index (χ4n) is 3.31. The van der Waals surface area contributed by atoms with E-state index in [9.17, 15) is 22.8 Å². The molecule has 31 heavy (non-hydrogen) atoms. The summed E-state index contributed by atoms with van der Waals surface area (Å²) in [5.74, 6) is -1.65. The van der Waals surface area contributed by atoms with Crippen LogP contribution in [0.4, 0.5) is 24.7 Å². The minimum absolute atomic E-state index is 0.0827. The summed E-state index contributed by atoms with van der Waals surface area (Å²) in [5, 5.41) is 3.08. The number of hydrogen-bond acceptors (Lipinski definition) is 4. The molecule has 0 bridgehead atoms. The SMILES string of the molecule is Cc1nc2c(cc1C(=O)C(F)(F)F)c(=O)cc(Nc1ccccc1)n2-c1ccccc1. The molecule has 8 heteroatoms. The van der Waals surface area contributed by atoms with Crippen LogP contribution in [0, 0.1) is 6.92 Å². The molecule has 2 aromatic heterocycles. The first-order valence-electron chi connectivity index (χ1n) is 9.32. The first-order chi connectivity index (χ1) is 14.8. The third-order valence-corrected chi connectivity index (χ3v) is 4.74. The molecule has 0 aliphatic carbocycles. The molecule has 0 unspecified atom stereocenters. The molecule has 0 saturated carbocycles. The highest BCUT2D eigenvalue weighted by Crippen LogP contribution is 2.28. The van der Waals surface area contributed by atoms with E-state index in [-0.39, 0.29) is 16.7 Å². The van der Waals surface area contributed by atoms with E-state index in [4.69, 9.17) is 0 Å². The van der Waals surface area contributed by atoms with Crippen molar-refractivity contribution in [2.24, 2.45) is 0 Å². The number of alkyl halides is 3. The van der Waals surface area contributed by atoms with Crippen LogP contribution in [0.2, 0.25) is 0 Å². The Kier molecular flexibility index (Phi) is 5.06. The van der Waals surface area contributed by atoms with Gasteiger partial charge in [-0.25, -0.2) is 4.98 Å². The van der Waals surface area contributed by atoms with Gasteiger partial charge in [0.05, 0.1) is 11.1 Å². The second-order valence-electron chi connectivity index (χ2n) is 6.88. The van der Waals surface area contributed by atoms with Gasteiger partial charge in [0.25, 0.3) is 5.78 Å². The quantitative estimate of drug-likeness (QED) is 0.459. The smallest absolute Gasteiger partial charge is 0.341 e. The molecule has 0 amide bonds. The summed E-state index contributed by atoms with van der Waals surface area (Å²) in [6, 6.07) is 20.3. The van der Waals surface area contributed by atoms with Crippen LogP contribution in [0.5, 0.6) is 0 Å². The monoisotopic (exact) mass is 423 g/mol. The number of ketones is 1. The average molecular weight is 423 g/mol. The summed E-state index contributed by atoms with van der Waals surface area (Å²) in [6.45, 7) is 1.32. The number of nitrogens with one attached hydrogen (secondary N) is 1. The van der Waals surface area contributed by atoms with Crippen molar-refractivity contribution in [3.63, 3.8) is 0 Å². The predicted octanol–water partition coefficient (Wildman–Crippen LogP) is 5.18. The molecule has 0 atom stereocenters. The molecule has 0 saturated heterocycles. The lowest BCUT2D eigenvalue weighted by molar-refractivity contribution is -0.0885. The second-order valence-corrected chi connectivity index (χ2v) is 6.88. The third kappa shape index (κ3) is 3.92. The highest BCUT2D eigenvalue weighted by Gasteiger charge is 2.40. The Morgan fingerprint density at radius 1 is 0.968 bits per heavy atom. The van der Waals surface area contributed by atoms with Gasteiger partial charge in [-0.05, 0) is 37.3 Å². The lowest BCUT2D eigenvalue weighted by Crippen LogP contribution is -2.25. The van der Waals surface area contributed by atoms with Crippen molar-refractivity contribution >= 4 is 28.3 Å². The van der Waals surface area contributed by atoms with E-state index in [1.807, 2.05) is 36.4 Å². The van der Waals surface area contributed by atoms with Crippen molar-refractivity contribution < 1.29 is 18.0 Å². The number of carbonyl (C=O) groups excluding carboxylic acids is 1. The number of pyridine rings is 2. The highest BCUT2D eigenvalue weighted by atomic mass is 19.4. The summed E-state index contributed by atoms with van der Waals surface area (Å²) in [7, 11) is 0. The molecular formula is C23H16F3N3O2. The van der Waals surface area contributed by atoms with Gasteiger partial charge in [-0.2, -0.15) is 13.2 Å². The van der Waals surface area contributed by atoms with Crippen molar-refractivity contribution in [2.75, 3.05) is 5.32 Å². The Morgan fingerprint density at radius 3 is 2.19 bits per heavy atom. The number of halogens is 3. The number of aromatic nitrogens is 2.